The van der Waals surface area contributed by atoms with Gasteiger partial charge in [0.05, 0.1) is 19.0 Å². The van der Waals surface area contributed by atoms with E-state index in [0.717, 1.165) is 13.1 Å². The summed E-state index contributed by atoms with van der Waals surface area (Å²) in [4.78, 5) is 35.5. The maximum Gasteiger partial charge on any atom is 0.278 e. The minimum Gasteiger partial charge on any atom is -0.391 e. The van der Waals surface area contributed by atoms with Crippen LogP contribution < -0.4 is 5.56 Å². The fourth-order valence-corrected chi connectivity index (χ4v) is 3.73. The number of hydrogen-bond donors (Lipinski definition) is 5. The normalized spacial score (nSPS) is 16.1. The molecule has 12 heteroatoms. The molecular weight excluding hydrogens is 402 g/mol. The Bertz CT molecular complexity index is 854. The van der Waals surface area contributed by atoms with Crippen LogP contribution in [0.15, 0.2) is 16.3 Å². The number of likely N-dealkylation sites (N-methyl/N-ethyl adjacent to an activating group) is 1. The number of aldehydes is 1. The number of hydrogen-bond acceptors (Lipinski definition) is 10. The Morgan fingerprint density at radius 1 is 1.28 bits per heavy atom. The lowest BCUT2D eigenvalue weighted by Gasteiger charge is -2.22. The van der Waals surface area contributed by atoms with Crippen LogP contribution in [-0.2, 0) is 11.3 Å². The summed E-state index contributed by atoms with van der Waals surface area (Å²) in [6, 6.07) is 0. The summed E-state index contributed by atoms with van der Waals surface area (Å²) < 4.78 is 1.42. The molecule has 0 fully saturated rings. The number of aromatic amines is 1. The van der Waals surface area contributed by atoms with Gasteiger partial charge >= 0.3 is 0 Å². The van der Waals surface area contributed by atoms with Gasteiger partial charge in [-0.05, 0) is 13.1 Å². The van der Waals surface area contributed by atoms with Crippen molar-refractivity contribution < 1.29 is 25.2 Å². The Morgan fingerprint density at radius 3 is 2.59 bits per heavy atom. The zero-order valence-electron chi connectivity index (χ0n) is 16.3. The number of nitrogens with zero attached hydrogens (tertiary/aromatic N) is 4. The number of nitrogens with one attached hydrogen (secondary N) is 1. The summed E-state index contributed by atoms with van der Waals surface area (Å²) in [6.45, 7) is 5.83. The smallest absolute Gasteiger partial charge is 0.278 e. The molecule has 5 N–H and O–H groups in total. The maximum absolute atomic E-state index is 12.0. The van der Waals surface area contributed by atoms with Crippen molar-refractivity contribution in [3.63, 3.8) is 0 Å². The third kappa shape index (κ3) is 5.84. The Balaban J connectivity index is 2.25. The van der Waals surface area contributed by atoms with Gasteiger partial charge < -0.3 is 39.7 Å². The van der Waals surface area contributed by atoms with Crippen LogP contribution in [0.2, 0.25) is 0 Å². The first-order valence-corrected chi connectivity index (χ1v) is 10.3. The quantitative estimate of drug-likeness (QED) is 0.192. The number of fused-ring (bicyclic) bond motifs is 1. The van der Waals surface area contributed by atoms with Gasteiger partial charge in [-0.2, -0.15) is 0 Å². The number of aliphatic hydroxyl groups is 4. The molecule has 0 bridgehead atoms. The van der Waals surface area contributed by atoms with E-state index in [1.165, 1.54) is 22.7 Å². The van der Waals surface area contributed by atoms with E-state index in [2.05, 4.69) is 19.9 Å². The molecule has 2 heterocycles. The number of thioether (sulfide) groups is 1. The highest BCUT2D eigenvalue weighted by molar-refractivity contribution is 7.99. The van der Waals surface area contributed by atoms with Crippen LogP contribution in [0.4, 0.5) is 0 Å². The second-order valence-electron chi connectivity index (χ2n) is 6.54. The van der Waals surface area contributed by atoms with E-state index in [1.54, 1.807) is 0 Å². The molecule has 29 heavy (non-hydrogen) atoms. The Kier molecular flexibility index (Phi) is 8.74. The fraction of sp³-hybridized carbons (Fsp3) is 0.647. The van der Waals surface area contributed by atoms with Crippen molar-refractivity contribution in [1.29, 1.82) is 0 Å². The van der Waals surface area contributed by atoms with Gasteiger partial charge in [0.2, 0.25) is 0 Å². The first-order chi connectivity index (χ1) is 13.8. The number of carbonyl (C=O) groups is 1. The number of carbonyl (C=O) groups excluding carboxylic acids is 1. The first kappa shape index (κ1) is 23.4. The molecule has 0 spiro atoms. The topological polar surface area (TPSA) is 165 Å². The summed E-state index contributed by atoms with van der Waals surface area (Å²) >= 11 is 1.18. The molecule has 0 aromatic carbocycles. The van der Waals surface area contributed by atoms with E-state index < -0.39 is 30.0 Å². The minimum atomic E-state index is -1.75. The van der Waals surface area contributed by atoms with Crippen molar-refractivity contribution in [1.82, 2.24) is 24.4 Å². The highest BCUT2D eigenvalue weighted by atomic mass is 32.2. The Labute approximate surface area is 171 Å². The van der Waals surface area contributed by atoms with Gasteiger partial charge in [0.25, 0.3) is 5.56 Å². The molecule has 4 atom stereocenters. The number of H-pyrrole nitrogens is 1. The van der Waals surface area contributed by atoms with Crippen LogP contribution in [0.1, 0.15) is 13.8 Å². The summed E-state index contributed by atoms with van der Waals surface area (Å²) in [7, 11) is 0. The van der Waals surface area contributed by atoms with Crippen molar-refractivity contribution in [3.8, 4) is 0 Å². The van der Waals surface area contributed by atoms with Crippen LogP contribution in [0.3, 0.4) is 0 Å². The summed E-state index contributed by atoms with van der Waals surface area (Å²) in [5.74, 6) is 0.285. The van der Waals surface area contributed by atoms with E-state index in [4.69, 9.17) is 0 Å². The van der Waals surface area contributed by atoms with E-state index in [1.807, 2.05) is 13.8 Å². The minimum absolute atomic E-state index is 0.0471. The third-order valence-corrected chi connectivity index (χ3v) is 5.65. The monoisotopic (exact) mass is 429 g/mol. The van der Waals surface area contributed by atoms with Crippen LogP contribution in [-0.4, -0.2) is 101 Å². The van der Waals surface area contributed by atoms with Crippen LogP contribution in [0.25, 0.3) is 11.2 Å². The molecule has 11 nitrogen and oxygen atoms in total. The number of rotatable bonds is 12. The summed E-state index contributed by atoms with van der Waals surface area (Å²) in [5.41, 5.74) is -0.241. The van der Waals surface area contributed by atoms with Gasteiger partial charge in [-0.1, -0.05) is 25.6 Å². The van der Waals surface area contributed by atoms with Gasteiger partial charge in [0.15, 0.2) is 22.6 Å². The van der Waals surface area contributed by atoms with Gasteiger partial charge in [-0.25, -0.2) is 9.97 Å². The van der Waals surface area contributed by atoms with E-state index in [-0.39, 0.29) is 29.7 Å². The predicted molar refractivity (Wildman–Crippen MR) is 107 cm³/mol. The second-order valence-corrected chi connectivity index (χ2v) is 7.53. The molecule has 4 unspecified atom stereocenters. The lowest BCUT2D eigenvalue weighted by Crippen LogP contribution is -2.40. The average Bonchev–Trinajstić information content (AvgIpc) is 3.07. The van der Waals surface area contributed by atoms with E-state index >= 15 is 0 Å². The highest BCUT2D eigenvalue weighted by Gasteiger charge is 2.27. The Morgan fingerprint density at radius 2 is 1.97 bits per heavy atom. The van der Waals surface area contributed by atoms with Crippen LogP contribution >= 0.6 is 11.8 Å². The predicted octanol–water partition coefficient (Wildman–Crippen LogP) is -1.80. The standard InChI is InChI=1S/C17H27N5O6S/c1-3-21(4-2)5-10(24)8-29-17-20-13-15(18-9-19-16(13)28)22(17)6-11(25)14(27)12(26)7-23/h7,9-12,14,24-27H,3-6,8H2,1-2H3,(H,18,19,28). The highest BCUT2D eigenvalue weighted by Crippen LogP contribution is 2.23. The zero-order valence-corrected chi connectivity index (χ0v) is 17.1. The summed E-state index contributed by atoms with van der Waals surface area (Å²) in [6.07, 6.45) is -4.29. The van der Waals surface area contributed by atoms with Crippen molar-refractivity contribution >= 4 is 29.2 Å². The van der Waals surface area contributed by atoms with E-state index in [0.29, 0.717) is 11.7 Å². The number of aliphatic hydroxyl groups excluding tert-OH is 4. The molecule has 0 radical (unpaired) electrons. The maximum atomic E-state index is 12.0. The lowest BCUT2D eigenvalue weighted by atomic mass is 10.1. The SMILES string of the molecule is CCN(CC)CC(O)CSc1nc2c(=O)[nH]cnc2n1CC(O)C(O)C(O)C=O. The van der Waals surface area contributed by atoms with Crippen molar-refractivity contribution in [3.05, 3.63) is 16.7 Å². The average molecular weight is 429 g/mol. The molecule has 162 valence electrons. The van der Waals surface area contributed by atoms with Gasteiger partial charge in [-0.15, -0.1) is 0 Å². The lowest BCUT2D eigenvalue weighted by molar-refractivity contribution is -0.126. The van der Waals surface area contributed by atoms with Crippen molar-refractivity contribution in [2.75, 3.05) is 25.4 Å². The van der Waals surface area contributed by atoms with Crippen LogP contribution in [0, 0.1) is 0 Å². The van der Waals surface area contributed by atoms with Crippen LogP contribution in [0.5, 0.6) is 0 Å². The molecule has 2 rings (SSSR count). The van der Waals surface area contributed by atoms with Gasteiger partial charge in [0, 0.05) is 12.3 Å². The second kappa shape index (κ2) is 10.8. The molecule has 0 saturated heterocycles. The molecule has 0 aliphatic heterocycles. The molecule has 0 amide bonds. The first-order valence-electron chi connectivity index (χ1n) is 9.28. The molecule has 2 aromatic heterocycles. The largest absolute Gasteiger partial charge is 0.391 e. The number of aromatic nitrogens is 4. The van der Waals surface area contributed by atoms with Gasteiger partial charge in [-0.3, -0.25) is 4.79 Å². The zero-order chi connectivity index (χ0) is 21.6. The molecule has 0 aliphatic rings. The van der Waals surface area contributed by atoms with E-state index in [9.17, 15) is 30.0 Å². The third-order valence-electron chi connectivity index (χ3n) is 4.52. The molecule has 0 aliphatic carbocycles. The summed E-state index contributed by atoms with van der Waals surface area (Å²) in [5, 5.41) is 40.1. The number of imidazole rings is 1. The molecule has 0 saturated carbocycles. The van der Waals surface area contributed by atoms with Gasteiger partial charge in [0.1, 0.15) is 18.3 Å². The fourth-order valence-electron chi connectivity index (χ4n) is 2.81. The van der Waals surface area contributed by atoms with Crippen molar-refractivity contribution in [2.24, 2.45) is 0 Å². The Hall–Kier alpha value is -1.83. The molecular formula is C17H27N5O6S. The molecule has 2 aromatic rings. The van der Waals surface area contributed by atoms with Crippen molar-refractivity contribution in [2.45, 2.75) is 50.0 Å².